The number of nitrogens with zero attached hydrogens (tertiary/aromatic N) is 2. The van der Waals surface area contributed by atoms with Crippen LogP contribution in [0.25, 0.3) is 0 Å². The quantitative estimate of drug-likeness (QED) is 0.625. The second-order valence-electron chi connectivity index (χ2n) is 5.62. The highest BCUT2D eigenvalue weighted by atomic mass is 35.5. The lowest BCUT2D eigenvalue weighted by molar-refractivity contribution is 0.340. The normalized spacial score (nSPS) is 13.2. The number of hydrogen-bond donors (Lipinski definition) is 1. The first-order chi connectivity index (χ1) is 12.7. The molecule has 0 radical (unpaired) electrons. The van der Waals surface area contributed by atoms with Crippen LogP contribution in [-0.4, -0.2) is 18.3 Å². The minimum absolute atomic E-state index is 0.612. The molecule has 1 aliphatic heterocycles. The number of benzene rings is 2. The van der Waals surface area contributed by atoms with E-state index < -0.39 is 0 Å². The lowest BCUT2D eigenvalue weighted by Crippen LogP contribution is -2.14. The van der Waals surface area contributed by atoms with Crippen LogP contribution in [0.1, 0.15) is 17.4 Å². The molecule has 0 saturated carbocycles. The largest absolute Gasteiger partial charge is 0.494 e. The van der Waals surface area contributed by atoms with Crippen molar-refractivity contribution in [2.75, 3.05) is 11.9 Å². The van der Waals surface area contributed by atoms with Crippen molar-refractivity contribution in [2.45, 2.75) is 6.92 Å². The van der Waals surface area contributed by atoms with Crippen LogP contribution in [0, 0.1) is 0 Å². The molecule has 0 aliphatic carbocycles. The number of rotatable bonds is 4. The van der Waals surface area contributed by atoms with Gasteiger partial charge in [-0.05, 0) is 54.8 Å². The SMILES string of the molecule is CCOc1ccc2c(c1)NC(c1ccc(Cl)cc1)=NC(c1cccs1)=N2. The predicted molar refractivity (Wildman–Crippen MR) is 110 cm³/mol. The van der Waals surface area contributed by atoms with Gasteiger partial charge in [-0.25, -0.2) is 9.98 Å². The molecule has 0 atom stereocenters. The van der Waals surface area contributed by atoms with Crippen molar-refractivity contribution in [3.63, 3.8) is 0 Å². The molecule has 130 valence electrons. The Bertz CT molecular complexity index is 979. The number of halogens is 1. The summed E-state index contributed by atoms with van der Waals surface area (Å²) in [6.45, 7) is 2.58. The highest BCUT2D eigenvalue weighted by Gasteiger charge is 2.16. The maximum atomic E-state index is 6.03. The number of anilines is 1. The number of hydrogen-bond acceptors (Lipinski definition) is 5. The standard InChI is InChI=1S/C20H16ClN3OS/c1-2-25-15-9-10-16-17(12-15)23-19(13-5-7-14(21)8-6-13)24-20(22-16)18-4-3-11-26-18/h3-12H,2H2,1H3,(H,22,23,24). The maximum absolute atomic E-state index is 6.03. The van der Waals surface area contributed by atoms with Crippen molar-refractivity contribution >= 4 is 46.0 Å². The molecule has 1 N–H and O–H groups in total. The van der Waals surface area contributed by atoms with Crippen molar-refractivity contribution in [2.24, 2.45) is 9.98 Å². The highest BCUT2D eigenvalue weighted by Crippen LogP contribution is 2.33. The van der Waals surface area contributed by atoms with Crippen LogP contribution >= 0.6 is 22.9 Å². The average molecular weight is 382 g/mol. The molecule has 6 heteroatoms. The third-order valence-corrected chi connectivity index (χ3v) is 4.95. The molecule has 0 unspecified atom stereocenters. The molecule has 26 heavy (non-hydrogen) atoms. The summed E-state index contributed by atoms with van der Waals surface area (Å²) in [5.74, 6) is 2.20. The third-order valence-electron chi connectivity index (χ3n) is 3.84. The molecule has 0 amide bonds. The molecule has 4 rings (SSSR count). The van der Waals surface area contributed by atoms with Crippen LogP contribution in [0.2, 0.25) is 5.02 Å². The number of amidine groups is 2. The number of ether oxygens (including phenoxy) is 1. The number of thiophene rings is 1. The number of fused-ring (bicyclic) bond motifs is 1. The predicted octanol–water partition coefficient (Wildman–Crippen LogP) is 5.75. The smallest absolute Gasteiger partial charge is 0.172 e. The summed E-state index contributed by atoms with van der Waals surface area (Å²) < 4.78 is 5.62. The van der Waals surface area contributed by atoms with E-state index in [2.05, 4.69) is 5.32 Å². The van der Waals surface area contributed by atoms with E-state index in [4.69, 9.17) is 26.3 Å². The summed E-state index contributed by atoms with van der Waals surface area (Å²) in [6.07, 6.45) is 0. The zero-order valence-corrected chi connectivity index (χ0v) is 15.6. The Hall–Kier alpha value is -2.63. The summed E-state index contributed by atoms with van der Waals surface area (Å²) in [5, 5.41) is 6.11. The van der Waals surface area contributed by atoms with E-state index in [0.29, 0.717) is 17.5 Å². The fourth-order valence-electron chi connectivity index (χ4n) is 2.63. The van der Waals surface area contributed by atoms with Gasteiger partial charge in [-0.1, -0.05) is 17.7 Å². The van der Waals surface area contributed by atoms with Crippen LogP contribution < -0.4 is 10.1 Å². The molecule has 1 aliphatic rings. The van der Waals surface area contributed by atoms with E-state index in [0.717, 1.165) is 33.4 Å². The second-order valence-corrected chi connectivity index (χ2v) is 7.00. The molecule has 3 aromatic rings. The van der Waals surface area contributed by atoms with E-state index in [1.807, 2.05) is 66.9 Å². The van der Waals surface area contributed by atoms with Gasteiger partial charge in [0.15, 0.2) is 5.84 Å². The Labute approximate surface area is 160 Å². The lowest BCUT2D eigenvalue weighted by atomic mass is 10.2. The van der Waals surface area contributed by atoms with Crippen molar-refractivity contribution in [3.05, 3.63) is 75.4 Å². The van der Waals surface area contributed by atoms with Gasteiger partial charge in [-0.15, -0.1) is 11.3 Å². The third kappa shape index (κ3) is 3.49. The Morgan fingerprint density at radius 3 is 2.65 bits per heavy atom. The van der Waals surface area contributed by atoms with E-state index in [-0.39, 0.29) is 0 Å². The number of nitrogens with one attached hydrogen (secondary N) is 1. The van der Waals surface area contributed by atoms with Crippen LogP contribution in [0.5, 0.6) is 5.75 Å². The van der Waals surface area contributed by atoms with Gasteiger partial charge in [0.25, 0.3) is 0 Å². The zero-order chi connectivity index (χ0) is 17.9. The van der Waals surface area contributed by atoms with Crippen molar-refractivity contribution in [1.82, 2.24) is 0 Å². The highest BCUT2D eigenvalue weighted by molar-refractivity contribution is 7.12. The molecular weight excluding hydrogens is 366 g/mol. The van der Waals surface area contributed by atoms with Crippen LogP contribution in [0.15, 0.2) is 70.0 Å². The monoisotopic (exact) mass is 381 g/mol. The Balaban J connectivity index is 1.83. The average Bonchev–Trinajstić information content (AvgIpc) is 3.11. The van der Waals surface area contributed by atoms with E-state index >= 15 is 0 Å². The molecule has 4 nitrogen and oxygen atoms in total. The van der Waals surface area contributed by atoms with Crippen LogP contribution in [-0.2, 0) is 0 Å². The minimum atomic E-state index is 0.612. The van der Waals surface area contributed by atoms with Gasteiger partial charge >= 0.3 is 0 Å². The van der Waals surface area contributed by atoms with E-state index in [1.165, 1.54) is 0 Å². The van der Waals surface area contributed by atoms with Gasteiger partial charge in [0, 0.05) is 16.7 Å². The van der Waals surface area contributed by atoms with Gasteiger partial charge in [-0.2, -0.15) is 0 Å². The summed E-state index contributed by atoms with van der Waals surface area (Å²) >= 11 is 7.64. The molecule has 2 aromatic carbocycles. The summed E-state index contributed by atoms with van der Waals surface area (Å²) in [7, 11) is 0. The van der Waals surface area contributed by atoms with Gasteiger partial charge in [0.1, 0.15) is 11.6 Å². The molecule has 0 bridgehead atoms. The van der Waals surface area contributed by atoms with Crippen molar-refractivity contribution in [3.8, 4) is 5.75 Å². The van der Waals surface area contributed by atoms with Gasteiger partial charge in [0.2, 0.25) is 0 Å². The van der Waals surface area contributed by atoms with Crippen molar-refractivity contribution in [1.29, 1.82) is 0 Å². The second kappa shape index (κ2) is 7.32. The van der Waals surface area contributed by atoms with E-state index in [1.54, 1.807) is 11.3 Å². The maximum Gasteiger partial charge on any atom is 0.172 e. The molecule has 2 heterocycles. The van der Waals surface area contributed by atoms with Crippen LogP contribution in [0.3, 0.4) is 0 Å². The lowest BCUT2D eigenvalue weighted by Gasteiger charge is -2.11. The van der Waals surface area contributed by atoms with Gasteiger partial charge in [0.05, 0.1) is 22.9 Å². The van der Waals surface area contributed by atoms with E-state index in [9.17, 15) is 0 Å². The summed E-state index contributed by atoms with van der Waals surface area (Å²) in [6, 6.07) is 17.4. The minimum Gasteiger partial charge on any atom is -0.494 e. The van der Waals surface area contributed by atoms with Gasteiger partial charge in [-0.3, -0.25) is 0 Å². The first-order valence-corrected chi connectivity index (χ1v) is 9.50. The Morgan fingerprint density at radius 2 is 1.92 bits per heavy atom. The van der Waals surface area contributed by atoms with Gasteiger partial charge < -0.3 is 10.1 Å². The fourth-order valence-corrected chi connectivity index (χ4v) is 3.41. The molecule has 0 saturated heterocycles. The molecule has 0 spiro atoms. The molecule has 0 fully saturated rings. The topological polar surface area (TPSA) is 46.0 Å². The first-order valence-electron chi connectivity index (χ1n) is 8.24. The Morgan fingerprint density at radius 1 is 1.08 bits per heavy atom. The summed E-state index contributed by atoms with van der Waals surface area (Å²) in [4.78, 5) is 10.6. The first kappa shape index (κ1) is 16.8. The summed E-state index contributed by atoms with van der Waals surface area (Å²) in [5.41, 5.74) is 2.62. The molecule has 1 aromatic heterocycles. The van der Waals surface area contributed by atoms with Crippen LogP contribution in [0.4, 0.5) is 11.4 Å². The fraction of sp³-hybridized carbons (Fsp3) is 0.100. The zero-order valence-electron chi connectivity index (χ0n) is 14.1. The van der Waals surface area contributed by atoms with Crippen molar-refractivity contribution < 1.29 is 4.74 Å². The number of aliphatic imine (C=N–C) groups is 2. The molecular formula is C20H16ClN3OS. The Kier molecular flexibility index (Phi) is 4.73.